The number of carbonyl (C=O) groups excluding carboxylic acids is 3. The van der Waals surface area contributed by atoms with E-state index in [-0.39, 0.29) is 6.42 Å². The highest BCUT2D eigenvalue weighted by Gasteiger charge is 2.48. The van der Waals surface area contributed by atoms with Crippen LogP contribution in [0.25, 0.3) is 0 Å². The van der Waals surface area contributed by atoms with Crippen LogP contribution in [0.4, 0.5) is 4.79 Å². The van der Waals surface area contributed by atoms with Crippen molar-refractivity contribution in [3.05, 3.63) is 18.4 Å². The standard InChI is InChI=1S/C16H23NO5/c1-6-7-8-9-11-10-12(14(19)21-5)17(13(11)18)15(20)22-16(2,3)4/h7,11-12H,1,8-10H2,2-5H3/t11-,12-/m0/s1. The minimum Gasteiger partial charge on any atom is -0.467 e. The first-order valence-electron chi connectivity index (χ1n) is 7.19. The van der Waals surface area contributed by atoms with Crippen molar-refractivity contribution < 1.29 is 23.9 Å². The lowest BCUT2D eigenvalue weighted by Crippen LogP contribution is -2.46. The molecule has 2 atom stereocenters. The molecule has 0 saturated carbocycles. The van der Waals surface area contributed by atoms with E-state index in [1.165, 1.54) is 7.11 Å². The van der Waals surface area contributed by atoms with Crippen LogP contribution in [-0.4, -0.2) is 41.6 Å². The van der Waals surface area contributed by atoms with Crippen LogP contribution in [0.3, 0.4) is 0 Å². The molecule has 122 valence electrons. The van der Waals surface area contributed by atoms with Gasteiger partial charge in [-0.1, -0.05) is 6.58 Å². The van der Waals surface area contributed by atoms with Crippen LogP contribution in [0.1, 0.15) is 40.0 Å². The van der Waals surface area contributed by atoms with Crippen molar-refractivity contribution >= 4 is 18.0 Å². The Morgan fingerprint density at radius 2 is 2.09 bits per heavy atom. The predicted octanol–water partition coefficient (Wildman–Crippen LogP) is 2.43. The van der Waals surface area contributed by atoms with Gasteiger partial charge >= 0.3 is 12.1 Å². The molecule has 1 fully saturated rings. The van der Waals surface area contributed by atoms with Crippen LogP contribution in [0.2, 0.25) is 0 Å². The molecule has 0 spiro atoms. The number of carbonyl (C=O) groups is 3. The zero-order valence-corrected chi connectivity index (χ0v) is 13.5. The molecular weight excluding hydrogens is 286 g/mol. The Morgan fingerprint density at radius 1 is 1.45 bits per heavy atom. The molecule has 0 bridgehead atoms. The maximum atomic E-state index is 12.4. The number of hydrogen-bond donors (Lipinski definition) is 0. The minimum atomic E-state index is -0.926. The summed E-state index contributed by atoms with van der Waals surface area (Å²) in [5.74, 6) is -1.43. The van der Waals surface area contributed by atoms with Gasteiger partial charge in [-0.25, -0.2) is 14.5 Å². The molecule has 0 aromatic rings. The minimum absolute atomic E-state index is 0.246. The van der Waals surface area contributed by atoms with Gasteiger partial charge in [0.1, 0.15) is 11.6 Å². The molecule has 0 unspecified atom stereocenters. The number of rotatable bonds is 4. The second-order valence-corrected chi connectivity index (χ2v) is 6.15. The Labute approximate surface area is 130 Å². The Kier molecular flexibility index (Phi) is 5.94. The third-order valence-electron chi connectivity index (χ3n) is 3.27. The molecule has 0 aromatic heterocycles. The van der Waals surface area contributed by atoms with Gasteiger partial charge in [0, 0.05) is 5.92 Å². The lowest BCUT2D eigenvalue weighted by molar-refractivity contribution is -0.148. The van der Waals surface area contributed by atoms with E-state index in [0.29, 0.717) is 12.8 Å². The third kappa shape index (κ3) is 4.46. The number of nitrogens with zero attached hydrogens (tertiary/aromatic N) is 1. The van der Waals surface area contributed by atoms with Gasteiger partial charge in [0.25, 0.3) is 0 Å². The fourth-order valence-corrected chi connectivity index (χ4v) is 2.32. The fourth-order valence-electron chi connectivity index (χ4n) is 2.32. The van der Waals surface area contributed by atoms with Gasteiger partial charge in [0.05, 0.1) is 7.11 Å². The summed E-state index contributed by atoms with van der Waals surface area (Å²) in [6.07, 6.45) is 2.28. The third-order valence-corrected chi connectivity index (χ3v) is 3.27. The lowest BCUT2D eigenvalue weighted by atomic mass is 9.99. The van der Waals surface area contributed by atoms with Crippen molar-refractivity contribution in [3.8, 4) is 0 Å². The van der Waals surface area contributed by atoms with Gasteiger partial charge in [-0.3, -0.25) is 4.79 Å². The van der Waals surface area contributed by atoms with Gasteiger partial charge in [-0.2, -0.15) is 0 Å². The molecule has 0 aromatic carbocycles. The summed E-state index contributed by atoms with van der Waals surface area (Å²) in [5.41, 5.74) is 1.89. The Bertz CT molecular complexity index is 499. The normalized spacial score (nSPS) is 21.3. The quantitative estimate of drug-likeness (QED) is 0.589. The second-order valence-electron chi connectivity index (χ2n) is 6.15. The van der Waals surface area contributed by atoms with E-state index in [9.17, 15) is 14.4 Å². The summed E-state index contributed by atoms with van der Waals surface area (Å²) in [4.78, 5) is 37.4. The van der Waals surface area contributed by atoms with E-state index in [4.69, 9.17) is 9.47 Å². The molecular formula is C16H23NO5. The maximum absolute atomic E-state index is 12.4. The Hall–Kier alpha value is -2.07. The first-order chi connectivity index (χ1) is 10.2. The maximum Gasteiger partial charge on any atom is 0.417 e. The molecule has 22 heavy (non-hydrogen) atoms. The first-order valence-corrected chi connectivity index (χ1v) is 7.19. The monoisotopic (exact) mass is 309 g/mol. The van der Waals surface area contributed by atoms with Crippen molar-refractivity contribution in [2.75, 3.05) is 7.11 Å². The second kappa shape index (κ2) is 7.27. The zero-order chi connectivity index (χ0) is 16.9. The Morgan fingerprint density at radius 3 is 2.59 bits per heavy atom. The highest BCUT2D eigenvalue weighted by atomic mass is 16.6. The SMILES string of the molecule is C=C=CCC[C@H]1C[C@@H](C(=O)OC)N(C(=O)OC(C)(C)C)C1=O. The van der Waals surface area contributed by atoms with Crippen molar-refractivity contribution in [1.29, 1.82) is 0 Å². The zero-order valence-electron chi connectivity index (χ0n) is 13.5. The van der Waals surface area contributed by atoms with Crippen LogP contribution < -0.4 is 0 Å². The van der Waals surface area contributed by atoms with E-state index in [1.807, 2.05) is 0 Å². The molecule has 2 amide bonds. The van der Waals surface area contributed by atoms with E-state index >= 15 is 0 Å². The largest absolute Gasteiger partial charge is 0.467 e. The van der Waals surface area contributed by atoms with Crippen molar-refractivity contribution in [2.24, 2.45) is 5.92 Å². The molecule has 1 aliphatic rings. The van der Waals surface area contributed by atoms with Crippen molar-refractivity contribution in [2.45, 2.75) is 51.7 Å². The van der Waals surface area contributed by atoms with E-state index in [2.05, 4.69) is 12.3 Å². The van der Waals surface area contributed by atoms with Crippen LogP contribution >= 0.6 is 0 Å². The summed E-state index contributed by atoms with van der Waals surface area (Å²) >= 11 is 0. The first kappa shape index (κ1) is 18.0. The summed E-state index contributed by atoms with van der Waals surface area (Å²) in [6, 6.07) is -0.926. The number of esters is 1. The van der Waals surface area contributed by atoms with E-state index in [0.717, 1.165) is 4.90 Å². The van der Waals surface area contributed by atoms with E-state index in [1.54, 1.807) is 26.8 Å². The smallest absolute Gasteiger partial charge is 0.417 e. The van der Waals surface area contributed by atoms with Crippen LogP contribution in [-0.2, 0) is 19.1 Å². The van der Waals surface area contributed by atoms with Gasteiger partial charge < -0.3 is 9.47 Å². The number of ether oxygens (including phenoxy) is 2. The Balaban J connectivity index is 2.93. The topological polar surface area (TPSA) is 72.9 Å². The number of hydrogen-bond acceptors (Lipinski definition) is 5. The molecule has 0 N–H and O–H groups in total. The molecule has 1 aliphatic heterocycles. The summed E-state index contributed by atoms with van der Waals surface area (Å²) in [5, 5.41) is 0. The summed E-state index contributed by atoms with van der Waals surface area (Å²) in [6.45, 7) is 8.56. The van der Waals surface area contributed by atoms with Gasteiger partial charge in [-0.05, 0) is 46.1 Å². The molecule has 0 aliphatic carbocycles. The molecule has 1 rings (SSSR count). The number of allylic oxidation sites excluding steroid dienone is 1. The molecule has 1 heterocycles. The van der Waals surface area contributed by atoms with Crippen molar-refractivity contribution in [3.63, 3.8) is 0 Å². The summed E-state index contributed by atoms with van der Waals surface area (Å²) < 4.78 is 9.92. The average molecular weight is 309 g/mol. The number of likely N-dealkylation sites (tertiary alicyclic amines) is 1. The fraction of sp³-hybridized carbons (Fsp3) is 0.625. The van der Waals surface area contributed by atoms with Gasteiger partial charge in [-0.15, -0.1) is 5.73 Å². The predicted molar refractivity (Wildman–Crippen MR) is 79.9 cm³/mol. The van der Waals surface area contributed by atoms with Crippen LogP contribution in [0.15, 0.2) is 18.4 Å². The lowest BCUT2D eigenvalue weighted by Gasteiger charge is -2.26. The summed E-state index contributed by atoms with van der Waals surface area (Å²) in [7, 11) is 1.23. The van der Waals surface area contributed by atoms with E-state index < -0.39 is 35.5 Å². The van der Waals surface area contributed by atoms with Gasteiger partial charge in [0.2, 0.25) is 5.91 Å². The van der Waals surface area contributed by atoms with Crippen LogP contribution in [0.5, 0.6) is 0 Å². The highest BCUT2D eigenvalue weighted by molar-refractivity contribution is 6.00. The molecule has 0 radical (unpaired) electrons. The van der Waals surface area contributed by atoms with Crippen molar-refractivity contribution in [1.82, 2.24) is 4.90 Å². The number of methoxy groups -OCH3 is 1. The molecule has 6 heteroatoms. The van der Waals surface area contributed by atoms with Crippen LogP contribution in [0, 0.1) is 5.92 Å². The molecule has 1 saturated heterocycles. The number of amides is 2. The average Bonchev–Trinajstić information content (AvgIpc) is 2.74. The van der Waals surface area contributed by atoms with Gasteiger partial charge in [0.15, 0.2) is 0 Å². The number of imide groups is 1. The highest BCUT2D eigenvalue weighted by Crippen LogP contribution is 2.30. The molecule has 6 nitrogen and oxygen atoms in total.